The number of nitrogens with zero attached hydrogens (tertiary/aromatic N) is 2. The molecule has 0 aliphatic carbocycles. The lowest BCUT2D eigenvalue weighted by Crippen LogP contribution is -2.41. The Morgan fingerprint density at radius 1 is 1.39 bits per heavy atom. The van der Waals surface area contributed by atoms with Crippen molar-refractivity contribution in [1.29, 1.82) is 0 Å². The van der Waals surface area contributed by atoms with Crippen LogP contribution in [-0.2, 0) is 14.4 Å². The van der Waals surface area contributed by atoms with E-state index in [-0.39, 0.29) is 43.6 Å². The normalized spacial score (nSPS) is 18.3. The van der Waals surface area contributed by atoms with Crippen molar-refractivity contribution in [2.24, 2.45) is 16.5 Å². The summed E-state index contributed by atoms with van der Waals surface area (Å²) in [6, 6.07) is -0.934. The average molecular weight is 256 g/mol. The molecule has 1 aliphatic heterocycles. The van der Waals surface area contributed by atoms with Gasteiger partial charge in [-0.25, -0.2) is 4.90 Å². The molecule has 100 valence electrons. The molecule has 8 heteroatoms. The Balaban J connectivity index is 2.40. The molecule has 0 aromatic heterocycles. The Bertz CT molecular complexity index is 377. The minimum Gasteiger partial charge on any atom is -0.480 e. The predicted molar refractivity (Wildman–Crippen MR) is 62.4 cm³/mol. The van der Waals surface area contributed by atoms with E-state index in [1.807, 2.05) is 0 Å². The first kappa shape index (κ1) is 14.1. The van der Waals surface area contributed by atoms with Gasteiger partial charge in [0.15, 0.2) is 0 Å². The van der Waals surface area contributed by atoms with Crippen molar-refractivity contribution in [3.63, 3.8) is 0 Å². The molecule has 0 radical (unpaired) electrons. The largest absolute Gasteiger partial charge is 0.480 e. The van der Waals surface area contributed by atoms with Gasteiger partial charge < -0.3 is 16.6 Å². The summed E-state index contributed by atoms with van der Waals surface area (Å²) < 4.78 is 0. The van der Waals surface area contributed by atoms with Crippen molar-refractivity contribution < 1.29 is 19.5 Å². The Morgan fingerprint density at radius 3 is 2.44 bits per heavy atom. The van der Waals surface area contributed by atoms with Crippen LogP contribution in [0.15, 0.2) is 4.99 Å². The van der Waals surface area contributed by atoms with Gasteiger partial charge in [-0.3, -0.25) is 19.4 Å². The van der Waals surface area contributed by atoms with E-state index in [0.29, 0.717) is 6.42 Å². The third-order valence-electron chi connectivity index (χ3n) is 2.54. The molecule has 0 spiro atoms. The maximum atomic E-state index is 11.3. The zero-order valence-corrected chi connectivity index (χ0v) is 9.83. The number of imide groups is 1. The smallest absolute Gasteiger partial charge is 0.320 e. The van der Waals surface area contributed by atoms with Gasteiger partial charge in [0.2, 0.25) is 17.8 Å². The summed E-state index contributed by atoms with van der Waals surface area (Å²) >= 11 is 0. The monoisotopic (exact) mass is 256 g/mol. The minimum absolute atomic E-state index is 0.133. The topological polar surface area (TPSA) is 139 Å². The summed E-state index contributed by atoms with van der Waals surface area (Å²) in [5.41, 5.74) is 10.8. The number of likely N-dealkylation sites (tertiary alicyclic amines) is 1. The number of carbonyl (C=O) groups is 3. The highest BCUT2D eigenvalue weighted by Gasteiger charge is 2.31. The molecular formula is C10H16N4O4. The second-order valence-corrected chi connectivity index (χ2v) is 3.95. The summed E-state index contributed by atoms with van der Waals surface area (Å²) in [4.78, 5) is 37.8. The van der Waals surface area contributed by atoms with Crippen LogP contribution in [0.2, 0.25) is 0 Å². The van der Waals surface area contributed by atoms with Gasteiger partial charge in [-0.05, 0) is 12.8 Å². The highest BCUT2D eigenvalue weighted by Crippen LogP contribution is 2.11. The fraction of sp³-hybridized carbons (Fsp3) is 0.600. The lowest BCUT2D eigenvalue weighted by Gasteiger charge is -2.12. The number of rotatable bonds is 5. The van der Waals surface area contributed by atoms with Crippen molar-refractivity contribution >= 4 is 23.7 Å². The van der Waals surface area contributed by atoms with Crippen LogP contribution in [0, 0.1) is 0 Å². The van der Waals surface area contributed by atoms with E-state index in [1.54, 1.807) is 0 Å². The molecule has 18 heavy (non-hydrogen) atoms. The number of carboxylic acid groups (broad SMARTS) is 1. The van der Waals surface area contributed by atoms with Crippen LogP contribution < -0.4 is 11.5 Å². The van der Waals surface area contributed by atoms with Gasteiger partial charge in [-0.15, -0.1) is 0 Å². The van der Waals surface area contributed by atoms with Crippen molar-refractivity contribution in [2.75, 3.05) is 6.54 Å². The van der Waals surface area contributed by atoms with E-state index >= 15 is 0 Å². The van der Waals surface area contributed by atoms with Crippen molar-refractivity contribution in [1.82, 2.24) is 4.90 Å². The highest BCUT2D eigenvalue weighted by molar-refractivity contribution is 6.15. The first-order valence-corrected chi connectivity index (χ1v) is 5.57. The molecule has 1 atom stereocenters. The zero-order valence-electron chi connectivity index (χ0n) is 9.83. The van der Waals surface area contributed by atoms with E-state index in [1.165, 1.54) is 0 Å². The molecule has 1 saturated heterocycles. The lowest BCUT2D eigenvalue weighted by atomic mass is 10.2. The molecule has 2 amide bonds. The van der Waals surface area contributed by atoms with Gasteiger partial charge in [0.05, 0.1) is 0 Å². The van der Waals surface area contributed by atoms with Crippen molar-refractivity contribution in [3.8, 4) is 0 Å². The number of guanidine groups is 1. The van der Waals surface area contributed by atoms with E-state index in [2.05, 4.69) is 4.99 Å². The van der Waals surface area contributed by atoms with Crippen molar-refractivity contribution in [2.45, 2.75) is 31.7 Å². The second-order valence-electron chi connectivity index (χ2n) is 3.95. The first-order chi connectivity index (χ1) is 8.43. The number of aliphatic carboxylic acids is 1. The Kier molecular flexibility index (Phi) is 4.78. The van der Waals surface area contributed by atoms with Gasteiger partial charge in [0, 0.05) is 19.4 Å². The van der Waals surface area contributed by atoms with Gasteiger partial charge in [0.25, 0.3) is 0 Å². The highest BCUT2D eigenvalue weighted by atomic mass is 16.4. The van der Waals surface area contributed by atoms with Crippen LogP contribution in [-0.4, -0.2) is 46.3 Å². The minimum atomic E-state index is -1.07. The molecule has 0 saturated carbocycles. The quantitative estimate of drug-likeness (QED) is 0.240. The Morgan fingerprint density at radius 2 is 1.94 bits per heavy atom. The molecule has 1 aliphatic rings. The standard InChI is InChI=1S/C10H16N4O4/c11-6(9(17)18)2-1-5-13-10(12)14-7(15)3-4-8(14)16/h6H,1-5,11H2,(H2,12,13)(H,17,18)/t6-/m0/s1. The maximum Gasteiger partial charge on any atom is 0.320 e. The third kappa shape index (κ3) is 3.52. The number of amides is 2. The van der Waals surface area contributed by atoms with Crippen LogP contribution in [0.25, 0.3) is 0 Å². The number of aliphatic imine (C=N–C) groups is 1. The summed E-state index contributed by atoms with van der Waals surface area (Å²) in [6.45, 7) is 0.226. The second kappa shape index (κ2) is 6.10. The van der Waals surface area contributed by atoms with E-state index < -0.39 is 12.0 Å². The summed E-state index contributed by atoms with van der Waals surface area (Å²) in [5.74, 6) is -1.92. The van der Waals surface area contributed by atoms with Gasteiger partial charge in [-0.2, -0.15) is 0 Å². The van der Waals surface area contributed by atoms with E-state index in [0.717, 1.165) is 4.90 Å². The van der Waals surface area contributed by atoms with Crippen LogP contribution >= 0.6 is 0 Å². The molecule has 5 N–H and O–H groups in total. The van der Waals surface area contributed by atoms with Gasteiger partial charge in [-0.1, -0.05) is 0 Å². The molecule has 0 aromatic rings. The molecule has 0 unspecified atom stereocenters. The van der Waals surface area contributed by atoms with E-state index in [4.69, 9.17) is 16.6 Å². The molecule has 0 bridgehead atoms. The molecule has 0 aromatic carbocycles. The van der Waals surface area contributed by atoms with Crippen LogP contribution in [0.3, 0.4) is 0 Å². The predicted octanol–water partition coefficient (Wildman–Crippen LogP) is -1.36. The number of hydrogen-bond acceptors (Lipinski definition) is 5. The van der Waals surface area contributed by atoms with Crippen LogP contribution in [0.5, 0.6) is 0 Å². The Hall–Kier alpha value is -1.96. The number of nitrogens with two attached hydrogens (primary N) is 2. The summed E-state index contributed by atoms with van der Waals surface area (Å²) in [6.07, 6.45) is 0.982. The lowest BCUT2D eigenvalue weighted by molar-refractivity contribution is -0.138. The first-order valence-electron chi connectivity index (χ1n) is 5.57. The number of hydrogen-bond donors (Lipinski definition) is 3. The number of carboxylic acids is 1. The zero-order chi connectivity index (χ0) is 13.7. The molecule has 1 fully saturated rings. The summed E-state index contributed by atoms with van der Waals surface area (Å²) in [7, 11) is 0. The maximum absolute atomic E-state index is 11.3. The van der Waals surface area contributed by atoms with Crippen LogP contribution in [0.4, 0.5) is 0 Å². The number of carbonyl (C=O) groups excluding carboxylic acids is 2. The van der Waals surface area contributed by atoms with Gasteiger partial charge >= 0.3 is 5.97 Å². The van der Waals surface area contributed by atoms with E-state index in [9.17, 15) is 14.4 Å². The molecule has 8 nitrogen and oxygen atoms in total. The Labute approximate surface area is 104 Å². The fourth-order valence-electron chi connectivity index (χ4n) is 1.53. The molecule has 1 rings (SSSR count). The average Bonchev–Trinajstić information content (AvgIpc) is 2.63. The summed E-state index contributed by atoms with van der Waals surface area (Å²) in [5, 5.41) is 8.55. The van der Waals surface area contributed by atoms with Crippen molar-refractivity contribution in [3.05, 3.63) is 0 Å². The van der Waals surface area contributed by atoms with Gasteiger partial charge in [0.1, 0.15) is 6.04 Å². The molecule has 1 heterocycles. The molecular weight excluding hydrogens is 240 g/mol. The van der Waals surface area contributed by atoms with Crippen LogP contribution in [0.1, 0.15) is 25.7 Å². The SMILES string of the molecule is NC(=NCCC[C@H](N)C(=O)O)N1C(=O)CCC1=O. The fourth-order valence-corrected chi connectivity index (χ4v) is 1.53. The third-order valence-corrected chi connectivity index (χ3v) is 2.54.